The van der Waals surface area contributed by atoms with E-state index in [1.807, 2.05) is 24.3 Å². The van der Waals surface area contributed by atoms with Gasteiger partial charge in [0.05, 0.1) is 19.0 Å². The summed E-state index contributed by atoms with van der Waals surface area (Å²) in [6.07, 6.45) is 2.36. The van der Waals surface area contributed by atoms with E-state index < -0.39 is 0 Å². The van der Waals surface area contributed by atoms with Crippen molar-refractivity contribution in [1.82, 2.24) is 15.2 Å². The van der Waals surface area contributed by atoms with Gasteiger partial charge >= 0.3 is 0 Å². The van der Waals surface area contributed by atoms with E-state index in [2.05, 4.69) is 20.5 Å². The lowest BCUT2D eigenvalue weighted by atomic mass is 10.1. The number of rotatable bonds is 6. The Hall–Kier alpha value is -3.02. The van der Waals surface area contributed by atoms with Crippen molar-refractivity contribution in [3.63, 3.8) is 0 Å². The molecule has 0 radical (unpaired) electrons. The standard InChI is InChI=1S/C18H17FN4O/c1-24-16-8-4-14(5-9-16)17-12-21-23-18(22-17)20-11-10-13-2-6-15(19)7-3-13/h2-9,12H,10-11H2,1H3,(H,20,22,23). The van der Waals surface area contributed by atoms with Gasteiger partial charge in [-0.05, 0) is 48.4 Å². The molecule has 0 fully saturated rings. The SMILES string of the molecule is COc1ccc(-c2cnnc(NCCc3ccc(F)cc3)n2)cc1. The highest BCUT2D eigenvalue weighted by Gasteiger charge is 2.04. The summed E-state index contributed by atoms with van der Waals surface area (Å²) in [6, 6.07) is 14.0. The first kappa shape index (κ1) is 15.9. The number of hydrogen-bond donors (Lipinski definition) is 1. The third-order valence-electron chi connectivity index (χ3n) is 3.55. The van der Waals surface area contributed by atoms with Crippen molar-refractivity contribution in [3.8, 4) is 17.0 Å². The zero-order chi connectivity index (χ0) is 16.8. The topological polar surface area (TPSA) is 59.9 Å². The summed E-state index contributed by atoms with van der Waals surface area (Å²) >= 11 is 0. The molecule has 1 aromatic heterocycles. The van der Waals surface area contributed by atoms with E-state index in [-0.39, 0.29) is 5.82 Å². The summed E-state index contributed by atoms with van der Waals surface area (Å²) in [5.41, 5.74) is 2.72. The fourth-order valence-electron chi connectivity index (χ4n) is 2.25. The number of nitrogens with one attached hydrogen (secondary N) is 1. The predicted octanol–water partition coefficient (Wildman–Crippen LogP) is 3.34. The lowest BCUT2D eigenvalue weighted by Crippen LogP contribution is -2.09. The number of benzene rings is 2. The molecule has 0 amide bonds. The maximum Gasteiger partial charge on any atom is 0.243 e. The molecular weight excluding hydrogens is 307 g/mol. The summed E-state index contributed by atoms with van der Waals surface area (Å²) in [4.78, 5) is 4.46. The van der Waals surface area contributed by atoms with E-state index in [1.54, 1.807) is 25.4 Å². The molecule has 0 aliphatic rings. The van der Waals surface area contributed by atoms with Crippen LogP contribution in [0, 0.1) is 5.82 Å². The number of halogens is 1. The molecule has 0 saturated carbocycles. The van der Waals surface area contributed by atoms with Crippen molar-refractivity contribution in [3.05, 3.63) is 66.1 Å². The molecule has 1 heterocycles. The van der Waals surface area contributed by atoms with Gasteiger partial charge in [0.15, 0.2) is 0 Å². The molecule has 0 atom stereocenters. The van der Waals surface area contributed by atoms with Gasteiger partial charge in [-0.15, -0.1) is 5.10 Å². The Morgan fingerprint density at radius 2 is 1.79 bits per heavy atom. The molecule has 0 spiro atoms. The zero-order valence-electron chi connectivity index (χ0n) is 13.2. The lowest BCUT2D eigenvalue weighted by Gasteiger charge is -2.06. The van der Waals surface area contributed by atoms with E-state index in [4.69, 9.17) is 4.74 Å². The van der Waals surface area contributed by atoms with Crippen molar-refractivity contribution >= 4 is 5.95 Å². The summed E-state index contributed by atoms with van der Waals surface area (Å²) in [6.45, 7) is 0.638. The Labute approximate surface area is 139 Å². The quantitative estimate of drug-likeness (QED) is 0.753. The highest BCUT2D eigenvalue weighted by molar-refractivity contribution is 5.60. The average molecular weight is 324 g/mol. The van der Waals surface area contributed by atoms with Crippen LogP contribution in [-0.2, 0) is 6.42 Å². The molecule has 122 valence electrons. The van der Waals surface area contributed by atoms with E-state index >= 15 is 0 Å². The minimum absolute atomic E-state index is 0.230. The largest absolute Gasteiger partial charge is 0.497 e. The van der Waals surface area contributed by atoms with Gasteiger partial charge in [0.1, 0.15) is 11.6 Å². The molecule has 6 heteroatoms. The Morgan fingerprint density at radius 1 is 1.04 bits per heavy atom. The van der Waals surface area contributed by atoms with Gasteiger partial charge < -0.3 is 10.1 Å². The van der Waals surface area contributed by atoms with Crippen LogP contribution in [0.15, 0.2) is 54.7 Å². The molecule has 0 saturated heterocycles. The van der Waals surface area contributed by atoms with Gasteiger partial charge in [0.2, 0.25) is 5.95 Å². The van der Waals surface area contributed by atoms with E-state index in [0.717, 1.165) is 29.0 Å². The van der Waals surface area contributed by atoms with Crippen molar-refractivity contribution in [1.29, 1.82) is 0 Å². The molecule has 1 N–H and O–H groups in total. The second-order valence-electron chi connectivity index (χ2n) is 5.20. The van der Waals surface area contributed by atoms with E-state index in [1.165, 1.54) is 12.1 Å². The first-order valence-corrected chi connectivity index (χ1v) is 7.57. The summed E-state index contributed by atoms with van der Waals surface area (Å²) < 4.78 is 18.0. The Balaban J connectivity index is 1.63. The Kier molecular flexibility index (Phi) is 4.96. The Bertz CT molecular complexity index is 791. The van der Waals surface area contributed by atoms with Crippen molar-refractivity contribution in [2.75, 3.05) is 19.0 Å². The first-order chi connectivity index (χ1) is 11.7. The van der Waals surface area contributed by atoms with Gasteiger partial charge in [-0.3, -0.25) is 0 Å². The maximum absolute atomic E-state index is 12.9. The normalized spacial score (nSPS) is 10.4. The van der Waals surface area contributed by atoms with Crippen LogP contribution in [0.4, 0.5) is 10.3 Å². The highest BCUT2D eigenvalue weighted by Crippen LogP contribution is 2.20. The molecule has 2 aromatic carbocycles. The molecular formula is C18H17FN4O. The van der Waals surface area contributed by atoms with E-state index in [0.29, 0.717) is 12.5 Å². The lowest BCUT2D eigenvalue weighted by molar-refractivity contribution is 0.415. The molecule has 0 unspecified atom stereocenters. The summed E-state index contributed by atoms with van der Waals surface area (Å²) in [7, 11) is 1.63. The molecule has 5 nitrogen and oxygen atoms in total. The van der Waals surface area contributed by atoms with Crippen LogP contribution in [0.1, 0.15) is 5.56 Å². The fraction of sp³-hybridized carbons (Fsp3) is 0.167. The van der Waals surface area contributed by atoms with Gasteiger partial charge in [0.25, 0.3) is 0 Å². The number of hydrogen-bond acceptors (Lipinski definition) is 5. The van der Waals surface area contributed by atoms with Gasteiger partial charge in [0, 0.05) is 12.1 Å². The van der Waals surface area contributed by atoms with Crippen LogP contribution in [-0.4, -0.2) is 28.8 Å². The molecule has 3 rings (SSSR count). The van der Waals surface area contributed by atoms with Crippen molar-refractivity contribution in [2.24, 2.45) is 0 Å². The molecule has 24 heavy (non-hydrogen) atoms. The number of anilines is 1. The van der Waals surface area contributed by atoms with Crippen molar-refractivity contribution in [2.45, 2.75) is 6.42 Å². The fourth-order valence-corrected chi connectivity index (χ4v) is 2.25. The monoisotopic (exact) mass is 324 g/mol. The van der Waals surface area contributed by atoms with Crippen LogP contribution in [0.5, 0.6) is 5.75 Å². The highest BCUT2D eigenvalue weighted by atomic mass is 19.1. The minimum atomic E-state index is -0.230. The third kappa shape index (κ3) is 4.04. The van der Waals surface area contributed by atoms with Crippen LogP contribution in [0.2, 0.25) is 0 Å². The van der Waals surface area contributed by atoms with Gasteiger partial charge in [-0.25, -0.2) is 9.37 Å². The third-order valence-corrected chi connectivity index (χ3v) is 3.55. The number of ether oxygens (including phenoxy) is 1. The van der Waals surface area contributed by atoms with Gasteiger partial charge in [-0.2, -0.15) is 5.10 Å². The smallest absolute Gasteiger partial charge is 0.243 e. The molecule has 0 aliphatic heterocycles. The Morgan fingerprint density at radius 3 is 2.50 bits per heavy atom. The zero-order valence-corrected chi connectivity index (χ0v) is 13.2. The second-order valence-corrected chi connectivity index (χ2v) is 5.20. The van der Waals surface area contributed by atoms with Crippen molar-refractivity contribution < 1.29 is 9.13 Å². The number of methoxy groups -OCH3 is 1. The number of aromatic nitrogens is 3. The van der Waals surface area contributed by atoms with Crippen LogP contribution >= 0.6 is 0 Å². The average Bonchev–Trinajstić information content (AvgIpc) is 2.64. The van der Waals surface area contributed by atoms with Crippen LogP contribution in [0.25, 0.3) is 11.3 Å². The van der Waals surface area contributed by atoms with Gasteiger partial charge in [-0.1, -0.05) is 12.1 Å². The summed E-state index contributed by atoms with van der Waals surface area (Å²) in [5, 5.41) is 11.1. The van der Waals surface area contributed by atoms with Crippen LogP contribution in [0.3, 0.4) is 0 Å². The molecule has 3 aromatic rings. The van der Waals surface area contributed by atoms with Crippen LogP contribution < -0.4 is 10.1 Å². The van der Waals surface area contributed by atoms with E-state index in [9.17, 15) is 4.39 Å². The number of nitrogens with zero attached hydrogens (tertiary/aromatic N) is 3. The molecule has 0 aliphatic carbocycles. The molecule has 0 bridgehead atoms. The summed E-state index contributed by atoms with van der Waals surface area (Å²) in [5.74, 6) is 1.02. The second kappa shape index (κ2) is 7.50. The predicted molar refractivity (Wildman–Crippen MR) is 90.4 cm³/mol. The first-order valence-electron chi connectivity index (χ1n) is 7.57. The maximum atomic E-state index is 12.9. The minimum Gasteiger partial charge on any atom is -0.497 e.